The van der Waals surface area contributed by atoms with E-state index in [-0.39, 0.29) is 24.0 Å². The van der Waals surface area contributed by atoms with Gasteiger partial charge in [0, 0.05) is 0 Å². The molecule has 1 heterocycles. The first-order chi connectivity index (χ1) is 9.38. The number of alkyl halides is 3. The van der Waals surface area contributed by atoms with E-state index < -0.39 is 11.7 Å². The molecule has 1 aromatic carbocycles. The Balaban J connectivity index is 0.00000161. The zero-order valence-corrected chi connectivity index (χ0v) is 14.1. The van der Waals surface area contributed by atoms with Crippen LogP contribution in [0.2, 0.25) is 0 Å². The maximum Gasteiger partial charge on any atom is 0.416 e. The first-order valence-corrected chi connectivity index (χ1v) is 6.84. The van der Waals surface area contributed by atoms with Crippen molar-refractivity contribution in [3.8, 4) is 0 Å². The summed E-state index contributed by atoms with van der Waals surface area (Å²) in [5.74, 6) is 2.16. The van der Waals surface area contributed by atoms with Crippen LogP contribution in [0.5, 0.6) is 0 Å². The van der Waals surface area contributed by atoms with Crippen LogP contribution in [-0.4, -0.2) is 42.5 Å². The van der Waals surface area contributed by atoms with Gasteiger partial charge in [-0.05, 0) is 30.0 Å². The Morgan fingerprint density at radius 1 is 1.14 bits per heavy atom. The van der Waals surface area contributed by atoms with Gasteiger partial charge >= 0.3 is 6.18 Å². The molecule has 6 heteroatoms. The predicted octanol–water partition coefficient (Wildman–Crippen LogP) is -0.201. The summed E-state index contributed by atoms with van der Waals surface area (Å²) in [5, 5.41) is 0. The van der Waals surface area contributed by atoms with Crippen molar-refractivity contribution >= 4 is 5.84 Å². The summed E-state index contributed by atoms with van der Waals surface area (Å²) in [6.07, 6.45) is -3.21. The smallest absolute Gasteiger partial charge is 0.416 e. The van der Waals surface area contributed by atoms with E-state index >= 15 is 0 Å². The van der Waals surface area contributed by atoms with Gasteiger partial charge in [-0.1, -0.05) is 12.1 Å². The van der Waals surface area contributed by atoms with Crippen LogP contribution >= 0.6 is 0 Å². The first kappa shape index (κ1) is 16.6. The van der Waals surface area contributed by atoms with Gasteiger partial charge in [0.1, 0.15) is 13.1 Å². The molecule has 0 radical (unpaired) electrons. The van der Waals surface area contributed by atoms with Crippen LogP contribution < -0.4 is 24.0 Å². The van der Waals surface area contributed by atoms with Crippen molar-refractivity contribution in [3.05, 3.63) is 35.4 Å². The molecule has 1 aliphatic heterocycles. The predicted molar refractivity (Wildman–Crippen MR) is 71.0 cm³/mol. The van der Waals surface area contributed by atoms with E-state index in [4.69, 9.17) is 0 Å². The Hall–Kier alpha value is -0.790. The number of nitrogens with zero attached hydrogens (tertiary/aromatic N) is 2. The average Bonchev–Trinajstić information content (AvgIpc) is 3.09. The maximum atomic E-state index is 12.5. The second-order valence-electron chi connectivity index (χ2n) is 5.77. The number of hydrogen-bond donors (Lipinski definition) is 0. The second kappa shape index (κ2) is 5.78. The van der Waals surface area contributed by atoms with Crippen LogP contribution in [0.1, 0.15) is 23.5 Å². The Morgan fingerprint density at radius 2 is 1.76 bits per heavy atom. The minimum absolute atomic E-state index is 0. The molecule has 0 spiro atoms. The van der Waals surface area contributed by atoms with Crippen LogP contribution in [0.3, 0.4) is 0 Å². The van der Waals surface area contributed by atoms with Crippen LogP contribution in [0.4, 0.5) is 13.2 Å². The summed E-state index contributed by atoms with van der Waals surface area (Å²) in [5.41, 5.74) is 0.449. The molecule has 0 N–H and O–H groups in total. The van der Waals surface area contributed by atoms with E-state index in [9.17, 15) is 13.2 Å². The lowest BCUT2D eigenvalue weighted by Crippen LogP contribution is -3.00. The minimum Gasteiger partial charge on any atom is -1.00 e. The summed E-state index contributed by atoms with van der Waals surface area (Å²) in [7, 11) is 4.17. The SMILES string of the molecule is CN1CC[N+](C)=C1[C@@H]1C[C@H]1c1ccc(C(F)(F)F)cc1.[I-]. The van der Waals surface area contributed by atoms with E-state index in [0.717, 1.165) is 25.1 Å². The molecule has 1 aromatic rings. The normalized spacial score (nSPS) is 25.1. The third-order valence-electron chi connectivity index (χ3n) is 4.34. The van der Waals surface area contributed by atoms with Crippen LogP contribution in [0, 0.1) is 5.92 Å². The number of benzene rings is 1. The van der Waals surface area contributed by atoms with Gasteiger partial charge in [-0.25, -0.2) is 0 Å². The Labute approximate surface area is 139 Å². The highest BCUT2D eigenvalue weighted by atomic mass is 127. The zero-order valence-electron chi connectivity index (χ0n) is 12.0. The second-order valence-corrected chi connectivity index (χ2v) is 5.77. The molecule has 0 saturated heterocycles. The van der Waals surface area contributed by atoms with Crippen molar-refractivity contribution in [3.63, 3.8) is 0 Å². The standard InChI is InChI=1S/C15H18F3N2.HI/c1-19-7-8-20(2)14(19)13-9-12(13)10-3-5-11(6-4-10)15(16,17)18;/h3-6,12-13H,7-9H2,1-2H3;1H/q+1;/p-1/t12-,13+;/m0./s1. The van der Waals surface area contributed by atoms with Gasteiger partial charge in [-0.3, -0.25) is 9.48 Å². The molecule has 0 unspecified atom stereocenters. The lowest BCUT2D eigenvalue weighted by Gasteiger charge is -2.08. The number of likely N-dealkylation sites (N-methyl/N-ethyl adjacent to an activating group) is 2. The first-order valence-electron chi connectivity index (χ1n) is 6.84. The molecule has 2 atom stereocenters. The minimum atomic E-state index is -4.25. The van der Waals surface area contributed by atoms with Crippen molar-refractivity contribution in [2.75, 3.05) is 27.2 Å². The molecule has 0 aromatic heterocycles. The fourth-order valence-corrected chi connectivity index (χ4v) is 3.15. The zero-order chi connectivity index (χ0) is 14.5. The Bertz CT molecular complexity index is 551. The highest BCUT2D eigenvalue weighted by Gasteiger charge is 2.49. The van der Waals surface area contributed by atoms with Gasteiger partial charge in [0.2, 0.25) is 5.84 Å². The van der Waals surface area contributed by atoms with E-state index in [1.54, 1.807) is 12.1 Å². The van der Waals surface area contributed by atoms with Gasteiger partial charge in [0.05, 0.1) is 25.6 Å². The van der Waals surface area contributed by atoms with Gasteiger partial charge in [-0.2, -0.15) is 13.2 Å². The molecule has 1 saturated carbocycles. The summed E-state index contributed by atoms with van der Waals surface area (Å²) in [6, 6.07) is 5.64. The highest BCUT2D eigenvalue weighted by molar-refractivity contribution is 5.84. The quantitative estimate of drug-likeness (QED) is 0.484. The van der Waals surface area contributed by atoms with Crippen molar-refractivity contribution in [2.45, 2.75) is 18.5 Å². The molecule has 2 aliphatic rings. The summed E-state index contributed by atoms with van der Waals surface area (Å²) in [6.45, 7) is 2.06. The van der Waals surface area contributed by atoms with Gasteiger partial charge in [0.15, 0.2) is 0 Å². The topological polar surface area (TPSA) is 6.25 Å². The summed E-state index contributed by atoms with van der Waals surface area (Å²) in [4.78, 5) is 2.26. The van der Waals surface area contributed by atoms with Crippen molar-refractivity contribution in [1.29, 1.82) is 0 Å². The maximum absolute atomic E-state index is 12.5. The average molecular weight is 410 g/mol. The van der Waals surface area contributed by atoms with Crippen molar-refractivity contribution in [1.82, 2.24) is 4.90 Å². The third-order valence-corrected chi connectivity index (χ3v) is 4.34. The van der Waals surface area contributed by atoms with Crippen LogP contribution in [0.15, 0.2) is 24.3 Å². The molecular weight excluding hydrogens is 392 g/mol. The number of rotatable bonds is 2. The molecule has 21 heavy (non-hydrogen) atoms. The molecule has 1 fully saturated rings. The molecule has 0 bridgehead atoms. The van der Waals surface area contributed by atoms with E-state index in [1.165, 1.54) is 18.0 Å². The fourth-order valence-electron chi connectivity index (χ4n) is 3.15. The number of hydrogen-bond acceptors (Lipinski definition) is 1. The van der Waals surface area contributed by atoms with Gasteiger partial charge in [-0.15, -0.1) is 0 Å². The summed E-state index contributed by atoms with van der Waals surface area (Å²) < 4.78 is 39.9. The molecule has 116 valence electrons. The van der Waals surface area contributed by atoms with Crippen molar-refractivity contribution < 1.29 is 41.7 Å². The Kier molecular flexibility index (Phi) is 4.56. The van der Waals surface area contributed by atoms with Gasteiger partial charge in [0.25, 0.3) is 0 Å². The molecule has 3 rings (SSSR count). The Morgan fingerprint density at radius 3 is 2.24 bits per heavy atom. The van der Waals surface area contributed by atoms with Gasteiger partial charge < -0.3 is 24.0 Å². The fraction of sp³-hybridized carbons (Fsp3) is 0.533. The third kappa shape index (κ3) is 3.19. The van der Waals surface area contributed by atoms with E-state index in [2.05, 4.69) is 23.6 Å². The molecule has 2 nitrogen and oxygen atoms in total. The van der Waals surface area contributed by atoms with E-state index in [0.29, 0.717) is 11.8 Å². The monoisotopic (exact) mass is 410 g/mol. The highest BCUT2D eigenvalue weighted by Crippen LogP contribution is 2.49. The lowest BCUT2D eigenvalue weighted by molar-refractivity contribution is -0.488. The number of amidine groups is 1. The number of halogens is 4. The van der Waals surface area contributed by atoms with Crippen molar-refractivity contribution in [2.24, 2.45) is 5.92 Å². The van der Waals surface area contributed by atoms with Crippen LogP contribution in [-0.2, 0) is 6.18 Å². The largest absolute Gasteiger partial charge is 1.00 e. The van der Waals surface area contributed by atoms with Crippen LogP contribution in [0.25, 0.3) is 0 Å². The molecule has 0 amide bonds. The van der Waals surface area contributed by atoms with E-state index in [1.807, 2.05) is 0 Å². The molecular formula is C15H18F3IN2. The summed E-state index contributed by atoms with van der Waals surface area (Å²) >= 11 is 0. The molecule has 1 aliphatic carbocycles. The lowest BCUT2D eigenvalue weighted by atomic mass is 10.1.